The number of rotatable bonds is 3. The van der Waals surface area contributed by atoms with Crippen LogP contribution in [0.3, 0.4) is 0 Å². The zero-order valence-corrected chi connectivity index (χ0v) is 16.6. The Hall–Kier alpha value is -3.29. The van der Waals surface area contributed by atoms with Crippen LogP contribution in [0, 0.1) is 5.82 Å². The van der Waals surface area contributed by atoms with Crippen LogP contribution < -0.4 is 10.1 Å². The average molecular weight is 411 g/mol. The number of amides is 2. The Kier molecular flexibility index (Phi) is 5.24. The highest BCUT2D eigenvalue weighted by Crippen LogP contribution is 2.39. The molecule has 0 aliphatic carbocycles. The number of nitrogens with zero attached hydrogens (tertiary/aromatic N) is 2. The molecule has 30 heavy (non-hydrogen) atoms. The van der Waals surface area contributed by atoms with Gasteiger partial charge < -0.3 is 15.0 Å². The Morgan fingerprint density at radius 3 is 2.73 bits per heavy atom. The lowest BCUT2D eigenvalue weighted by Crippen LogP contribution is -2.52. The Balaban J connectivity index is 1.41. The summed E-state index contributed by atoms with van der Waals surface area (Å²) in [5.41, 5.74) is 0.678. The Morgan fingerprint density at radius 2 is 2.00 bits per heavy atom. The fourth-order valence-electron chi connectivity index (χ4n) is 4.04. The molecule has 0 unspecified atom stereocenters. The first-order valence-corrected chi connectivity index (χ1v) is 9.86. The van der Waals surface area contributed by atoms with Gasteiger partial charge in [-0.05, 0) is 24.3 Å². The van der Waals surface area contributed by atoms with Crippen molar-refractivity contribution in [3.8, 4) is 5.75 Å². The van der Waals surface area contributed by atoms with Crippen LogP contribution >= 0.6 is 0 Å². The highest BCUT2D eigenvalue weighted by atomic mass is 19.1. The Bertz CT molecular complexity index is 1020. The fraction of sp³-hybridized carbons (Fsp3) is 0.364. The number of Topliss-reactive ketones (excluding diaryl/α,β-unsaturated/α-hetero) is 1. The largest absolute Gasteiger partial charge is 0.486 e. The molecule has 2 amide bonds. The number of halogens is 1. The number of piperidine rings is 1. The maximum atomic E-state index is 13.6. The van der Waals surface area contributed by atoms with Gasteiger partial charge in [0.1, 0.15) is 17.2 Å². The molecule has 1 N–H and O–H groups in total. The third-order valence-electron chi connectivity index (χ3n) is 5.72. The first-order valence-electron chi connectivity index (χ1n) is 9.86. The van der Waals surface area contributed by atoms with Crippen molar-refractivity contribution in [2.45, 2.75) is 31.3 Å². The molecule has 2 aliphatic heterocycles. The summed E-state index contributed by atoms with van der Waals surface area (Å²) in [4.78, 5) is 42.9. The first kappa shape index (κ1) is 20.0. The van der Waals surface area contributed by atoms with Crippen LogP contribution in [0.1, 0.15) is 45.7 Å². The number of fused-ring (bicyclic) bond motifs is 1. The minimum atomic E-state index is -0.702. The maximum absolute atomic E-state index is 13.6. The molecule has 0 saturated carbocycles. The number of carbonyl (C=O) groups is 3. The highest BCUT2D eigenvalue weighted by Gasteiger charge is 2.43. The minimum absolute atomic E-state index is 0.0637. The summed E-state index contributed by atoms with van der Waals surface area (Å²) in [5, 5.41) is 2.55. The zero-order valence-electron chi connectivity index (χ0n) is 16.6. The van der Waals surface area contributed by atoms with E-state index < -0.39 is 11.4 Å². The van der Waals surface area contributed by atoms with Crippen LogP contribution in [-0.2, 0) is 11.2 Å². The smallest absolute Gasteiger partial charge is 0.251 e. The molecule has 8 heteroatoms. The Labute approximate surface area is 173 Å². The number of pyridine rings is 1. The molecule has 1 saturated heterocycles. The molecule has 156 valence electrons. The molecule has 7 nitrogen and oxygen atoms in total. The second kappa shape index (κ2) is 7.85. The normalized spacial score (nSPS) is 17.3. The van der Waals surface area contributed by atoms with E-state index >= 15 is 0 Å². The maximum Gasteiger partial charge on any atom is 0.251 e. The number of aromatic nitrogens is 1. The molecule has 4 rings (SSSR count). The first-order chi connectivity index (χ1) is 14.4. The van der Waals surface area contributed by atoms with E-state index in [1.54, 1.807) is 24.1 Å². The number of hydrogen-bond donors (Lipinski definition) is 1. The lowest BCUT2D eigenvalue weighted by Gasteiger charge is -2.44. The van der Waals surface area contributed by atoms with Crippen molar-refractivity contribution in [3.05, 3.63) is 59.2 Å². The lowest BCUT2D eigenvalue weighted by atomic mass is 9.82. The predicted molar refractivity (Wildman–Crippen MR) is 106 cm³/mol. The molecule has 1 fully saturated rings. The van der Waals surface area contributed by atoms with Gasteiger partial charge in [0.15, 0.2) is 5.78 Å². The summed E-state index contributed by atoms with van der Waals surface area (Å²) in [6.45, 7) is 0.873. The third-order valence-corrected chi connectivity index (χ3v) is 5.72. The second-order valence-corrected chi connectivity index (χ2v) is 7.70. The van der Waals surface area contributed by atoms with E-state index in [9.17, 15) is 18.8 Å². The molecule has 0 radical (unpaired) electrons. The number of ketones is 1. The topological polar surface area (TPSA) is 88.6 Å². The van der Waals surface area contributed by atoms with Crippen molar-refractivity contribution < 1.29 is 23.5 Å². The number of hydrogen-bond acceptors (Lipinski definition) is 5. The summed E-state index contributed by atoms with van der Waals surface area (Å²) < 4.78 is 19.6. The molecular formula is C22H22FN3O4. The molecule has 1 aromatic carbocycles. The average Bonchev–Trinajstić information content (AvgIpc) is 2.73. The van der Waals surface area contributed by atoms with Gasteiger partial charge in [-0.15, -0.1) is 0 Å². The molecule has 2 aromatic rings. The second-order valence-electron chi connectivity index (χ2n) is 7.70. The van der Waals surface area contributed by atoms with Crippen LogP contribution in [0.4, 0.5) is 4.39 Å². The van der Waals surface area contributed by atoms with E-state index in [1.807, 2.05) is 0 Å². The zero-order chi connectivity index (χ0) is 21.3. The standard InChI is InChI=1S/C22H22FN3O4/c1-24-21(29)14-4-7-25-16(10-14)12-20(28)26-8-5-22(6-9-26)13-18(27)17-3-2-15(23)11-19(17)30-22/h2-4,7,10-11H,5-6,8-9,12-13H2,1H3,(H,24,29). The highest BCUT2D eigenvalue weighted by molar-refractivity contribution is 6.00. The van der Waals surface area contributed by atoms with Crippen molar-refractivity contribution in [1.29, 1.82) is 0 Å². The van der Waals surface area contributed by atoms with Crippen LogP contribution in [0.15, 0.2) is 36.5 Å². The van der Waals surface area contributed by atoms with Gasteiger partial charge in [-0.2, -0.15) is 0 Å². The van der Waals surface area contributed by atoms with Crippen LogP contribution in [0.2, 0.25) is 0 Å². The van der Waals surface area contributed by atoms with Gasteiger partial charge in [0.05, 0.1) is 24.1 Å². The Morgan fingerprint density at radius 1 is 1.23 bits per heavy atom. The summed E-state index contributed by atoms with van der Waals surface area (Å²) in [6, 6.07) is 7.16. The molecule has 3 heterocycles. The van der Waals surface area contributed by atoms with E-state index in [0.717, 1.165) is 0 Å². The van der Waals surface area contributed by atoms with Gasteiger partial charge >= 0.3 is 0 Å². The van der Waals surface area contributed by atoms with Gasteiger partial charge in [-0.1, -0.05) is 0 Å². The summed E-state index contributed by atoms with van der Waals surface area (Å²) in [5.74, 6) is -0.563. The molecular weight excluding hydrogens is 389 g/mol. The van der Waals surface area contributed by atoms with E-state index in [1.165, 1.54) is 24.4 Å². The van der Waals surface area contributed by atoms with Gasteiger partial charge in [-0.3, -0.25) is 19.4 Å². The summed E-state index contributed by atoms with van der Waals surface area (Å²) >= 11 is 0. The third kappa shape index (κ3) is 3.90. The number of benzene rings is 1. The molecule has 0 bridgehead atoms. The van der Waals surface area contributed by atoms with E-state index in [0.29, 0.717) is 42.8 Å². The number of ether oxygens (including phenoxy) is 1. The predicted octanol–water partition coefficient (Wildman–Crippen LogP) is 2.15. The van der Waals surface area contributed by atoms with Gasteiger partial charge in [0.2, 0.25) is 5.91 Å². The van der Waals surface area contributed by atoms with Gasteiger partial charge in [0, 0.05) is 50.8 Å². The van der Waals surface area contributed by atoms with Crippen molar-refractivity contribution >= 4 is 17.6 Å². The number of likely N-dealkylation sites (tertiary alicyclic amines) is 1. The minimum Gasteiger partial charge on any atom is -0.486 e. The van der Waals surface area contributed by atoms with E-state index in [4.69, 9.17) is 4.74 Å². The monoisotopic (exact) mass is 411 g/mol. The SMILES string of the molecule is CNC(=O)c1ccnc(CC(=O)N2CCC3(CC2)CC(=O)c2ccc(F)cc2O3)c1. The van der Waals surface area contributed by atoms with Crippen LogP contribution in [-0.4, -0.2) is 53.2 Å². The van der Waals surface area contributed by atoms with Crippen molar-refractivity contribution in [2.24, 2.45) is 0 Å². The lowest BCUT2D eigenvalue weighted by molar-refractivity contribution is -0.134. The van der Waals surface area contributed by atoms with E-state index in [-0.39, 0.29) is 36.2 Å². The summed E-state index contributed by atoms with van der Waals surface area (Å²) in [6.07, 6.45) is 2.81. The summed E-state index contributed by atoms with van der Waals surface area (Å²) in [7, 11) is 1.54. The molecule has 0 atom stereocenters. The van der Waals surface area contributed by atoms with Gasteiger partial charge in [-0.25, -0.2) is 4.39 Å². The van der Waals surface area contributed by atoms with E-state index in [2.05, 4.69) is 10.3 Å². The van der Waals surface area contributed by atoms with Gasteiger partial charge in [0.25, 0.3) is 5.91 Å². The van der Waals surface area contributed by atoms with Crippen molar-refractivity contribution in [3.63, 3.8) is 0 Å². The van der Waals surface area contributed by atoms with Crippen molar-refractivity contribution in [1.82, 2.24) is 15.2 Å². The van der Waals surface area contributed by atoms with Crippen LogP contribution in [0.5, 0.6) is 5.75 Å². The number of carbonyl (C=O) groups excluding carboxylic acids is 3. The molecule has 1 spiro atoms. The van der Waals surface area contributed by atoms with Crippen molar-refractivity contribution in [2.75, 3.05) is 20.1 Å². The number of nitrogens with one attached hydrogen (secondary N) is 1. The molecule has 1 aromatic heterocycles. The van der Waals surface area contributed by atoms with Crippen LogP contribution in [0.25, 0.3) is 0 Å². The quantitative estimate of drug-likeness (QED) is 0.836. The fourth-order valence-corrected chi connectivity index (χ4v) is 4.04. The molecule has 2 aliphatic rings.